The molecule has 0 fully saturated rings. The molecule has 1 heterocycles. The van der Waals surface area contributed by atoms with E-state index in [4.69, 9.17) is 16.3 Å². The average molecular weight is 344 g/mol. The zero-order chi connectivity index (χ0) is 17.4. The number of carbonyl (C=O) groups excluding carboxylic acids is 3. The number of imide groups is 1. The Kier molecular flexibility index (Phi) is 4.11. The third kappa shape index (κ3) is 2.67. The Labute approximate surface area is 143 Å². The smallest absolute Gasteiger partial charge is 0.339 e. The number of halogens is 1. The quantitative estimate of drug-likeness (QED) is 0.629. The van der Waals surface area contributed by atoms with Crippen LogP contribution in [0.4, 0.5) is 5.69 Å². The van der Waals surface area contributed by atoms with Crippen LogP contribution in [0.15, 0.2) is 42.5 Å². The van der Waals surface area contributed by atoms with E-state index in [1.807, 2.05) is 0 Å². The Morgan fingerprint density at radius 1 is 1.04 bits per heavy atom. The van der Waals surface area contributed by atoms with Crippen LogP contribution < -0.4 is 4.90 Å². The Bertz CT molecular complexity index is 825. The van der Waals surface area contributed by atoms with Gasteiger partial charge in [-0.2, -0.15) is 0 Å². The van der Waals surface area contributed by atoms with E-state index in [0.29, 0.717) is 11.1 Å². The van der Waals surface area contributed by atoms with E-state index in [2.05, 4.69) is 0 Å². The number of rotatable bonds is 3. The molecule has 6 heteroatoms. The van der Waals surface area contributed by atoms with Crippen LogP contribution in [0.5, 0.6) is 0 Å². The summed E-state index contributed by atoms with van der Waals surface area (Å²) >= 11 is 6.05. The molecular weight excluding hydrogens is 330 g/mol. The standard InChI is InChI=1S/C18H14ClNO4/c1-10(2)24-18(23)14-9-11(7-8-15(14)19)20-16(21)12-5-3-4-6-13(12)17(20)22/h3-10H,1-2H3. The number of hydrogen-bond acceptors (Lipinski definition) is 4. The van der Waals surface area contributed by atoms with E-state index >= 15 is 0 Å². The highest BCUT2D eigenvalue weighted by atomic mass is 35.5. The molecule has 1 aliphatic heterocycles. The van der Waals surface area contributed by atoms with Crippen LogP contribution in [0.1, 0.15) is 44.9 Å². The summed E-state index contributed by atoms with van der Waals surface area (Å²) in [4.78, 5) is 38.2. The number of nitrogens with zero attached hydrogens (tertiary/aromatic N) is 1. The number of hydrogen-bond donors (Lipinski definition) is 0. The van der Waals surface area contributed by atoms with E-state index in [9.17, 15) is 14.4 Å². The molecule has 0 aliphatic carbocycles. The molecule has 2 amide bonds. The van der Waals surface area contributed by atoms with Gasteiger partial charge in [0.25, 0.3) is 11.8 Å². The zero-order valence-corrected chi connectivity index (χ0v) is 13.8. The van der Waals surface area contributed by atoms with Crippen LogP contribution in [0.2, 0.25) is 5.02 Å². The van der Waals surface area contributed by atoms with E-state index in [0.717, 1.165) is 4.90 Å². The summed E-state index contributed by atoms with van der Waals surface area (Å²) in [5.74, 6) is -1.46. The lowest BCUT2D eigenvalue weighted by Crippen LogP contribution is -2.29. The fraction of sp³-hybridized carbons (Fsp3) is 0.167. The first kappa shape index (κ1) is 16.2. The third-order valence-corrected chi connectivity index (χ3v) is 3.89. The van der Waals surface area contributed by atoms with Gasteiger partial charge in [-0.15, -0.1) is 0 Å². The van der Waals surface area contributed by atoms with Crippen LogP contribution in [0, 0.1) is 0 Å². The Morgan fingerprint density at radius 3 is 2.17 bits per heavy atom. The second-order valence-corrected chi connectivity index (χ2v) is 6.02. The normalized spacial score (nSPS) is 13.4. The first-order chi connectivity index (χ1) is 11.4. The van der Waals surface area contributed by atoms with Crippen LogP contribution in [0.3, 0.4) is 0 Å². The van der Waals surface area contributed by atoms with Gasteiger partial charge in [0, 0.05) is 0 Å². The molecule has 24 heavy (non-hydrogen) atoms. The van der Waals surface area contributed by atoms with Gasteiger partial charge < -0.3 is 4.74 Å². The number of ether oxygens (including phenoxy) is 1. The molecule has 2 aromatic rings. The summed E-state index contributed by atoms with van der Waals surface area (Å²) in [5, 5.41) is 0.195. The Morgan fingerprint density at radius 2 is 1.62 bits per heavy atom. The third-order valence-electron chi connectivity index (χ3n) is 3.56. The lowest BCUT2D eigenvalue weighted by molar-refractivity contribution is 0.0377. The number of anilines is 1. The summed E-state index contributed by atoms with van der Waals surface area (Å²) in [7, 11) is 0. The molecule has 0 atom stereocenters. The molecule has 1 aliphatic rings. The second-order valence-electron chi connectivity index (χ2n) is 5.61. The van der Waals surface area contributed by atoms with Crippen molar-refractivity contribution in [3.8, 4) is 0 Å². The van der Waals surface area contributed by atoms with Gasteiger partial charge >= 0.3 is 5.97 Å². The average Bonchev–Trinajstić information content (AvgIpc) is 2.79. The van der Waals surface area contributed by atoms with Gasteiger partial charge in [0.1, 0.15) is 0 Å². The minimum atomic E-state index is -0.603. The predicted octanol–water partition coefficient (Wildman–Crippen LogP) is 3.71. The molecule has 0 radical (unpaired) electrons. The number of esters is 1. The number of amides is 2. The van der Waals surface area contributed by atoms with E-state index in [1.54, 1.807) is 38.1 Å². The van der Waals surface area contributed by atoms with Crippen molar-refractivity contribution in [3.05, 3.63) is 64.2 Å². The molecule has 0 N–H and O–H groups in total. The van der Waals surface area contributed by atoms with Crippen molar-refractivity contribution in [3.63, 3.8) is 0 Å². The fourth-order valence-electron chi connectivity index (χ4n) is 2.51. The second kappa shape index (κ2) is 6.09. The molecule has 0 saturated heterocycles. The zero-order valence-electron chi connectivity index (χ0n) is 13.1. The van der Waals surface area contributed by atoms with Gasteiger partial charge in [-0.3, -0.25) is 9.59 Å². The number of carbonyl (C=O) groups is 3. The first-order valence-electron chi connectivity index (χ1n) is 7.38. The molecule has 0 bridgehead atoms. The van der Waals surface area contributed by atoms with Gasteiger partial charge in [-0.25, -0.2) is 9.69 Å². The maximum Gasteiger partial charge on any atom is 0.339 e. The Balaban J connectivity index is 2.01. The maximum atomic E-state index is 12.5. The molecule has 2 aromatic carbocycles. The van der Waals surface area contributed by atoms with Crippen LogP contribution in [-0.4, -0.2) is 23.9 Å². The SMILES string of the molecule is CC(C)OC(=O)c1cc(N2C(=O)c3ccccc3C2=O)ccc1Cl. The monoisotopic (exact) mass is 343 g/mol. The van der Waals surface area contributed by atoms with Crippen molar-refractivity contribution < 1.29 is 19.1 Å². The molecule has 0 saturated carbocycles. The van der Waals surface area contributed by atoms with Gasteiger partial charge in [-0.05, 0) is 44.2 Å². The van der Waals surface area contributed by atoms with Crippen LogP contribution in [-0.2, 0) is 4.74 Å². The predicted molar refractivity (Wildman–Crippen MR) is 89.6 cm³/mol. The van der Waals surface area contributed by atoms with Crippen LogP contribution >= 0.6 is 11.6 Å². The van der Waals surface area contributed by atoms with Gasteiger partial charge in [0.2, 0.25) is 0 Å². The maximum absolute atomic E-state index is 12.5. The van der Waals surface area contributed by atoms with E-state index < -0.39 is 17.8 Å². The lowest BCUT2D eigenvalue weighted by atomic mass is 10.1. The molecule has 5 nitrogen and oxygen atoms in total. The summed E-state index contributed by atoms with van der Waals surface area (Å²) in [6.45, 7) is 3.44. The summed E-state index contributed by atoms with van der Waals surface area (Å²) in [6.07, 6.45) is -0.309. The van der Waals surface area contributed by atoms with Crippen molar-refractivity contribution in [2.75, 3.05) is 4.90 Å². The highest BCUT2D eigenvalue weighted by Crippen LogP contribution is 2.31. The van der Waals surface area contributed by atoms with Gasteiger partial charge in [0.15, 0.2) is 0 Å². The van der Waals surface area contributed by atoms with E-state index in [-0.39, 0.29) is 22.4 Å². The van der Waals surface area contributed by atoms with Crippen molar-refractivity contribution >= 4 is 35.1 Å². The van der Waals surface area contributed by atoms with E-state index in [1.165, 1.54) is 18.2 Å². The molecule has 122 valence electrons. The van der Waals surface area contributed by atoms with Crippen LogP contribution in [0.25, 0.3) is 0 Å². The summed E-state index contributed by atoms with van der Waals surface area (Å²) in [6, 6.07) is 11.0. The molecule has 0 spiro atoms. The fourth-order valence-corrected chi connectivity index (χ4v) is 2.70. The van der Waals surface area contributed by atoms with Gasteiger partial charge in [0.05, 0.1) is 33.5 Å². The molecule has 3 rings (SSSR count). The van der Waals surface area contributed by atoms with Crippen molar-refractivity contribution in [2.24, 2.45) is 0 Å². The number of fused-ring (bicyclic) bond motifs is 1. The lowest BCUT2D eigenvalue weighted by Gasteiger charge is -2.16. The first-order valence-corrected chi connectivity index (χ1v) is 7.76. The summed E-state index contributed by atoms with van der Waals surface area (Å²) < 4.78 is 5.14. The topological polar surface area (TPSA) is 63.7 Å². The minimum absolute atomic E-state index is 0.111. The molecule has 0 unspecified atom stereocenters. The highest BCUT2D eigenvalue weighted by molar-refractivity contribution is 6.36. The largest absolute Gasteiger partial charge is 0.459 e. The molecular formula is C18H14ClNO4. The van der Waals surface area contributed by atoms with Crippen molar-refractivity contribution in [1.29, 1.82) is 0 Å². The summed E-state index contributed by atoms with van der Waals surface area (Å²) in [5.41, 5.74) is 1.06. The molecule has 0 aromatic heterocycles. The minimum Gasteiger partial charge on any atom is -0.459 e. The highest BCUT2D eigenvalue weighted by Gasteiger charge is 2.36. The van der Waals surface area contributed by atoms with Crippen molar-refractivity contribution in [1.82, 2.24) is 0 Å². The number of benzene rings is 2. The van der Waals surface area contributed by atoms with Gasteiger partial charge in [-0.1, -0.05) is 23.7 Å². The Hall–Kier alpha value is -2.66. The van der Waals surface area contributed by atoms with Crippen molar-refractivity contribution in [2.45, 2.75) is 20.0 Å².